The molecule has 0 amide bonds. The number of hydrogen-bond donors (Lipinski definition) is 1. The SMILES string of the molecule is Cc1ccc(CC(O)c2csnn2)cc1. The van der Waals surface area contributed by atoms with Gasteiger partial charge in [0.15, 0.2) is 0 Å². The van der Waals surface area contributed by atoms with Crippen LogP contribution in [0.1, 0.15) is 22.9 Å². The fraction of sp³-hybridized carbons (Fsp3) is 0.273. The van der Waals surface area contributed by atoms with Crippen molar-refractivity contribution < 1.29 is 5.11 Å². The predicted octanol–water partition coefficient (Wildman–Crippen LogP) is 2.12. The van der Waals surface area contributed by atoms with Gasteiger partial charge in [-0.1, -0.05) is 34.3 Å². The van der Waals surface area contributed by atoms with Gasteiger partial charge in [-0.15, -0.1) is 5.10 Å². The van der Waals surface area contributed by atoms with Gasteiger partial charge in [0.2, 0.25) is 0 Å². The zero-order valence-electron chi connectivity index (χ0n) is 8.42. The summed E-state index contributed by atoms with van der Waals surface area (Å²) in [7, 11) is 0. The maximum absolute atomic E-state index is 9.84. The lowest BCUT2D eigenvalue weighted by Crippen LogP contribution is -2.02. The minimum atomic E-state index is -0.550. The van der Waals surface area contributed by atoms with E-state index in [1.807, 2.05) is 31.2 Å². The van der Waals surface area contributed by atoms with Crippen LogP contribution >= 0.6 is 11.5 Å². The maximum Gasteiger partial charge on any atom is 0.104 e. The zero-order chi connectivity index (χ0) is 10.7. The summed E-state index contributed by atoms with van der Waals surface area (Å²) in [5.41, 5.74) is 2.99. The number of hydrogen-bond acceptors (Lipinski definition) is 4. The maximum atomic E-state index is 9.84. The van der Waals surface area contributed by atoms with Crippen molar-refractivity contribution in [1.82, 2.24) is 9.59 Å². The lowest BCUT2D eigenvalue weighted by atomic mass is 10.1. The number of aliphatic hydroxyl groups excluding tert-OH is 1. The van der Waals surface area contributed by atoms with Gasteiger partial charge in [-0.05, 0) is 24.0 Å². The molecule has 0 aliphatic carbocycles. The summed E-state index contributed by atoms with van der Waals surface area (Å²) < 4.78 is 3.73. The quantitative estimate of drug-likeness (QED) is 0.861. The van der Waals surface area contributed by atoms with E-state index in [-0.39, 0.29) is 0 Å². The van der Waals surface area contributed by atoms with Gasteiger partial charge < -0.3 is 5.11 Å². The molecule has 0 aliphatic heterocycles. The van der Waals surface area contributed by atoms with Crippen LogP contribution in [0.5, 0.6) is 0 Å². The summed E-state index contributed by atoms with van der Waals surface area (Å²) in [5, 5.41) is 15.5. The molecule has 15 heavy (non-hydrogen) atoms. The van der Waals surface area contributed by atoms with Crippen LogP contribution < -0.4 is 0 Å². The highest BCUT2D eigenvalue weighted by Crippen LogP contribution is 2.17. The molecule has 0 bridgehead atoms. The third-order valence-electron chi connectivity index (χ3n) is 2.27. The van der Waals surface area contributed by atoms with Crippen LogP contribution in [0, 0.1) is 6.92 Å². The molecule has 1 unspecified atom stereocenters. The third-order valence-corrected chi connectivity index (χ3v) is 2.79. The molecule has 1 N–H and O–H groups in total. The first-order valence-corrected chi connectivity index (χ1v) is 5.60. The molecule has 1 heterocycles. The average Bonchev–Trinajstić information content (AvgIpc) is 2.74. The monoisotopic (exact) mass is 220 g/mol. The van der Waals surface area contributed by atoms with Gasteiger partial charge in [0.25, 0.3) is 0 Å². The molecule has 0 radical (unpaired) electrons. The molecule has 0 saturated heterocycles. The Morgan fingerprint density at radius 1 is 1.33 bits per heavy atom. The van der Waals surface area contributed by atoms with Crippen molar-refractivity contribution >= 4 is 11.5 Å². The van der Waals surface area contributed by atoms with Gasteiger partial charge in [-0.3, -0.25) is 0 Å². The number of aromatic nitrogens is 2. The number of aryl methyl sites for hydroxylation is 1. The standard InChI is InChI=1S/C11H12N2OS/c1-8-2-4-9(5-3-8)6-11(14)10-7-15-13-12-10/h2-5,7,11,14H,6H2,1H3. The van der Waals surface area contributed by atoms with Crippen LogP contribution in [-0.4, -0.2) is 14.7 Å². The highest BCUT2D eigenvalue weighted by atomic mass is 32.1. The second-order valence-electron chi connectivity index (χ2n) is 3.54. The Labute approximate surface area is 92.6 Å². The summed E-state index contributed by atoms with van der Waals surface area (Å²) in [4.78, 5) is 0. The molecule has 1 aromatic heterocycles. The van der Waals surface area contributed by atoms with Crippen LogP contribution in [0.3, 0.4) is 0 Å². The molecule has 1 atom stereocenters. The number of rotatable bonds is 3. The van der Waals surface area contributed by atoms with Crippen LogP contribution in [-0.2, 0) is 6.42 Å². The summed E-state index contributed by atoms with van der Waals surface area (Å²) in [5.74, 6) is 0. The van der Waals surface area contributed by atoms with Crippen molar-refractivity contribution in [3.05, 3.63) is 46.5 Å². The van der Waals surface area contributed by atoms with Gasteiger partial charge in [0.05, 0.1) is 0 Å². The van der Waals surface area contributed by atoms with Gasteiger partial charge in [-0.25, -0.2) is 0 Å². The minimum absolute atomic E-state index is 0.550. The Morgan fingerprint density at radius 2 is 2.07 bits per heavy atom. The van der Waals surface area contributed by atoms with E-state index in [0.29, 0.717) is 12.1 Å². The predicted molar refractivity (Wildman–Crippen MR) is 59.8 cm³/mol. The Kier molecular flexibility index (Phi) is 3.08. The molecular weight excluding hydrogens is 208 g/mol. The Bertz CT molecular complexity index is 411. The van der Waals surface area contributed by atoms with Crippen molar-refractivity contribution in [2.45, 2.75) is 19.4 Å². The van der Waals surface area contributed by atoms with E-state index in [0.717, 1.165) is 5.56 Å². The fourth-order valence-corrected chi connectivity index (χ4v) is 1.87. The van der Waals surface area contributed by atoms with E-state index >= 15 is 0 Å². The van der Waals surface area contributed by atoms with Crippen molar-refractivity contribution in [2.24, 2.45) is 0 Å². The van der Waals surface area contributed by atoms with Crippen LogP contribution in [0.15, 0.2) is 29.6 Å². The van der Waals surface area contributed by atoms with Crippen molar-refractivity contribution in [3.63, 3.8) is 0 Å². The van der Waals surface area contributed by atoms with Gasteiger partial charge in [0, 0.05) is 11.8 Å². The summed E-state index contributed by atoms with van der Waals surface area (Å²) in [6.07, 6.45) is 0.0394. The van der Waals surface area contributed by atoms with E-state index in [2.05, 4.69) is 9.59 Å². The average molecular weight is 220 g/mol. The van der Waals surface area contributed by atoms with Crippen molar-refractivity contribution in [3.8, 4) is 0 Å². The second-order valence-corrected chi connectivity index (χ2v) is 4.15. The Morgan fingerprint density at radius 3 is 2.67 bits per heavy atom. The number of nitrogens with zero attached hydrogens (tertiary/aromatic N) is 2. The summed E-state index contributed by atoms with van der Waals surface area (Å²) in [6, 6.07) is 8.14. The van der Waals surface area contributed by atoms with E-state index in [4.69, 9.17) is 0 Å². The Hall–Kier alpha value is -1.26. The molecule has 0 aliphatic rings. The molecule has 0 fully saturated rings. The zero-order valence-corrected chi connectivity index (χ0v) is 9.24. The molecule has 78 valence electrons. The van der Waals surface area contributed by atoms with Crippen LogP contribution in [0.2, 0.25) is 0 Å². The molecule has 0 saturated carbocycles. The van der Waals surface area contributed by atoms with Crippen molar-refractivity contribution in [2.75, 3.05) is 0 Å². The second kappa shape index (κ2) is 4.51. The van der Waals surface area contributed by atoms with Crippen LogP contribution in [0.25, 0.3) is 0 Å². The lowest BCUT2D eigenvalue weighted by molar-refractivity contribution is 0.173. The number of benzene rings is 1. The first-order valence-electron chi connectivity index (χ1n) is 4.76. The fourth-order valence-electron chi connectivity index (χ4n) is 1.37. The largest absolute Gasteiger partial charge is 0.386 e. The normalized spacial score (nSPS) is 12.7. The summed E-state index contributed by atoms with van der Waals surface area (Å²) in [6.45, 7) is 2.05. The van der Waals surface area contributed by atoms with Gasteiger partial charge >= 0.3 is 0 Å². The molecule has 4 heteroatoms. The topological polar surface area (TPSA) is 46.0 Å². The molecule has 2 aromatic rings. The minimum Gasteiger partial charge on any atom is -0.386 e. The molecule has 3 nitrogen and oxygen atoms in total. The van der Waals surface area contributed by atoms with Crippen molar-refractivity contribution in [1.29, 1.82) is 0 Å². The number of aliphatic hydroxyl groups is 1. The van der Waals surface area contributed by atoms with E-state index in [1.165, 1.54) is 17.1 Å². The molecule has 0 spiro atoms. The highest BCUT2D eigenvalue weighted by molar-refractivity contribution is 7.03. The lowest BCUT2D eigenvalue weighted by Gasteiger charge is -2.07. The van der Waals surface area contributed by atoms with Gasteiger partial charge in [0.1, 0.15) is 11.8 Å². The molecule has 1 aromatic carbocycles. The Balaban J connectivity index is 2.06. The van der Waals surface area contributed by atoms with E-state index in [1.54, 1.807) is 5.38 Å². The molecule has 2 rings (SSSR count). The first kappa shape index (κ1) is 10.3. The molecular formula is C11H12N2OS. The van der Waals surface area contributed by atoms with E-state index < -0.39 is 6.10 Å². The van der Waals surface area contributed by atoms with E-state index in [9.17, 15) is 5.11 Å². The van der Waals surface area contributed by atoms with Gasteiger partial charge in [-0.2, -0.15) is 0 Å². The third kappa shape index (κ3) is 2.61. The first-order chi connectivity index (χ1) is 7.25. The van der Waals surface area contributed by atoms with Crippen LogP contribution in [0.4, 0.5) is 0 Å². The smallest absolute Gasteiger partial charge is 0.104 e. The summed E-state index contributed by atoms with van der Waals surface area (Å²) >= 11 is 1.26. The highest BCUT2D eigenvalue weighted by Gasteiger charge is 2.10.